The molecule has 3 rings (SSSR count). The third-order valence-electron chi connectivity index (χ3n) is 4.64. The number of carbonyl (C=O) groups excluding carboxylic acids is 1. The summed E-state index contributed by atoms with van der Waals surface area (Å²) in [5.74, 6) is 0.0226. The first-order valence-electron chi connectivity index (χ1n) is 8.59. The molecule has 1 saturated carbocycles. The fourth-order valence-corrected chi connectivity index (χ4v) is 3.11. The number of pyridine rings is 1. The molecule has 5 N–H and O–H groups in total. The zero-order valence-corrected chi connectivity index (χ0v) is 14.3. The van der Waals surface area contributed by atoms with Gasteiger partial charge in [0.2, 0.25) is 11.9 Å². The van der Waals surface area contributed by atoms with Crippen molar-refractivity contribution in [2.75, 3.05) is 5.73 Å². The minimum absolute atomic E-state index is 0.0517. The number of hydrogen-bond donors (Lipinski definition) is 4. The number of aliphatic hydroxyl groups excluding tert-OH is 1. The summed E-state index contributed by atoms with van der Waals surface area (Å²) in [6, 6.07) is 3.76. The topological polar surface area (TPSA) is 147 Å². The first-order valence-corrected chi connectivity index (χ1v) is 8.59. The Balaban J connectivity index is 1.58. The van der Waals surface area contributed by atoms with E-state index in [1.807, 2.05) is 12.1 Å². The molecule has 1 aliphatic carbocycles. The van der Waals surface area contributed by atoms with Gasteiger partial charge in [0, 0.05) is 31.3 Å². The largest absolute Gasteiger partial charge is 0.393 e. The first kappa shape index (κ1) is 18.0. The number of anilines is 1. The number of nitrogen functional groups attached to an aromatic ring is 1. The molecule has 0 saturated heterocycles. The molecular formula is C17H22N6O3. The van der Waals surface area contributed by atoms with Gasteiger partial charge in [0.15, 0.2) is 0 Å². The lowest BCUT2D eigenvalue weighted by atomic mass is 9.75. The van der Waals surface area contributed by atoms with E-state index in [0.717, 1.165) is 5.56 Å². The van der Waals surface area contributed by atoms with Crippen molar-refractivity contribution >= 4 is 11.9 Å². The van der Waals surface area contributed by atoms with Crippen LogP contribution in [0, 0.1) is 5.92 Å². The highest BCUT2D eigenvalue weighted by Gasteiger charge is 2.34. The smallest absolute Gasteiger partial charge is 0.274 e. The van der Waals surface area contributed by atoms with Crippen molar-refractivity contribution in [3.63, 3.8) is 0 Å². The lowest BCUT2D eigenvalue weighted by Crippen LogP contribution is -2.48. The van der Waals surface area contributed by atoms with Crippen LogP contribution in [0.15, 0.2) is 29.3 Å². The molecule has 138 valence electrons. The van der Waals surface area contributed by atoms with E-state index in [2.05, 4.69) is 25.5 Å². The Morgan fingerprint density at radius 1 is 1.35 bits per heavy atom. The van der Waals surface area contributed by atoms with Crippen molar-refractivity contribution in [2.24, 2.45) is 5.92 Å². The fraction of sp³-hybridized carbons (Fsp3) is 0.471. The maximum absolute atomic E-state index is 12.4. The first-order chi connectivity index (χ1) is 12.5. The molecule has 2 aromatic rings. The predicted octanol–water partition coefficient (Wildman–Crippen LogP) is -0.427. The number of hydrogen-bond acceptors (Lipinski definition) is 7. The van der Waals surface area contributed by atoms with Crippen molar-refractivity contribution in [3.8, 4) is 0 Å². The Morgan fingerprint density at radius 2 is 2.08 bits per heavy atom. The summed E-state index contributed by atoms with van der Waals surface area (Å²) in [7, 11) is 0. The number of H-pyrrole nitrogens is 1. The monoisotopic (exact) mass is 358 g/mol. The fourth-order valence-electron chi connectivity index (χ4n) is 3.11. The number of amides is 1. The minimum Gasteiger partial charge on any atom is -0.393 e. The summed E-state index contributed by atoms with van der Waals surface area (Å²) in [5.41, 5.74) is 6.18. The number of aryl methyl sites for hydroxylation is 1. The van der Waals surface area contributed by atoms with Crippen molar-refractivity contribution in [3.05, 3.63) is 46.1 Å². The van der Waals surface area contributed by atoms with E-state index in [0.29, 0.717) is 19.3 Å². The number of rotatable bonds is 7. The molecule has 1 unspecified atom stereocenters. The molecule has 9 nitrogen and oxygen atoms in total. The Hall–Kier alpha value is -2.81. The van der Waals surface area contributed by atoms with Crippen LogP contribution in [0.4, 0.5) is 5.95 Å². The molecule has 1 fully saturated rings. The van der Waals surface area contributed by atoms with Crippen LogP contribution >= 0.6 is 0 Å². The number of carbonyl (C=O) groups is 1. The summed E-state index contributed by atoms with van der Waals surface area (Å²) < 4.78 is 0. The second-order valence-electron chi connectivity index (χ2n) is 6.60. The van der Waals surface area contributed by atoms with Crippen molar-refractivity contribution < 1.29 is 9.90 Å². The van der Waals surface area contributed by atoms with Gasteiger partial charge in [-0.25, -0.2) is 0 Å². The molecule has 0 aliphatic heterocycles. The normalized spacial score (nSPS) is 20.2. The van der Waals surface area contributed by atoms with Crippen LogP contribution in [0.5, 0.6) is 0 Å². The van der Waals surface area contributed by atoms with Crippen LogP contribution in [0.25, 0.3) is 0 Å². The molecule has 1 amide bonds. The van der Waals surface area contributed by atoms with E-state index in [4.69, 9.17) is 5.73 Å². The van der Waals surface area contributed by atoms with Crippen LogP contribution < -0.4 is 16.6 Å². The zero-order chi connectivity index (χ0) is 18.5. The van der Waals surface area contributed by atoms with E-state index in [-0.39, 0.29) is 48.5 Å². The van der Waals surface area contributed by atoms with E-state index >= 15 is 0 Å². The molecule has 0 spiro atoms. The van der Waals surface area contributed by atoms with Crippen molar-refractivity contribution in [1.29, 1.82) is 0 Å². The van der Waals surface area contributed by atoms with Gasteiger partial charge in [0.1, 0.15) is 5.69 Å². The zero-order valence-electron chi connectivity index (χ0n) is 14.3. The summed E-state index contributed by atoms with van der Waals surface area (Å²) in [5, 5.41) is 20.0. The highest BCUT2D eigenvalue weighted by atomic mass is 16.3. The van der Waals surface area contributed by atoms with Crippen molar-refractivity contribution in [2.45, 2.75) is 44.2 Å². The minimum atomic E-state index is -0.430. The Labute approximate surface area is 150 Å². The summed E-state index contributed by atoms with van der Waals surface area (Å²) >= 11 is 0. The van der Waals surface area contributed by atoms with Gasteiger partial charge in [-0.2, -0.15) is 0 Å². The van der Waals surface area contributed by atoms with Crippen LogP contribution in [0.3, 0.4) is 0 Å². The maximum atomic E-state index is 12.4. The Kier molecular flexibility index (Phi) is 5.57. The quantitative estimate of drug-likeness (QED) is 0.525. The Bertz CT molecular complexity index is 804. The molecule has 9 heteroatoms. The maximum Gasteiger partial charge on any atom is 0.274 e. The second-order valence-corrected chi connectivity index (χ2v) is 6.60. The lowest BCUT2D eigenvalue weighted by Gasteiger charge is -2.38. The third-order valence-corrected chi connectivity index (χ3v) is 4.64. The lowest BCUT2D eigenvalue weighted by molar-refractivity contribution is -0.122. The van der Waals surface area contributed by atoms with Crippen molar-refractivity contribution in [1.82, 2.24) is 25.5 Å². The van der Waals surface area contributed by atoms with E-state index in [1.54, 1.807) is 12.4 Å². The molecular weight excluding hydrogens is 336 g/mol. The van der Waals surface area contributed by atoms with Gasteiger partial charge >= 0.3 is 0 Å². The molecule has 1 aliphatic rings. The number of aliphatic hydroxyl groups is 1. The third kappa shape index (κ3) is 4.63. The standard InChI is InChI=1S/C17H22N6O3/c18-17-21-16(26)13(22-23-17)1-2-15(25)20-14(11-8-12(24)9-11)7-10-3-5-19-6-4-10/h3-6,11-12,14,24H,1-2,7-9H2,(H,20,25)(H3,18,21,23,26). The molecule has 0 bridgehead atoms. The van der Waals surface area contributed by atoms with Gasteiger partial charge in [-0.15, -0.1) is 10.2 Å². The predicted molar refractivity (Wildman–Crippen MR) is 94.0 cm³/mol. The number of nitrogens with zero attached hydrogens (tertiary/aromatic N) is 3. The molecule has 2 heterocycles. The number of nitrogens with one attached hydrogen (secondary N) is 2. The summed E-state index contributed by atoms with van der Waals surface area (Å²) in [6.45, 7) is 0. The Morgan fingerprint density at radius 3 is 2.73 bits per heavy atom. The van der Waals surface area contributed by atoms with E-state index in [1.165, 1.54) is 0 Å². The average molecular weight is 358 g/mol. The van der Waals surface area contributed by atoms with E-state index < -0.39 is 5.56 Å². The number of aromatic amines is 1. The van der Waals surface area contributed by atoms with Gasteiger partial charge in [-0.3, -0.25) is 19.6 Å². The average Bonchev–Trinajstić information content (AvgIpc) is 2.58. The summed E-state index contributed by atoms with van der Waals surface area (Å²) in [6.07, 6.45) is 5.49. The molecule has 26 heavy (non-hydrogen) atoms. The summed E-state index contributed by atoms with van der Waals surface area (Å²) in [4.78, 5) is 30.4. The molecule has 0 radical (unpaired) electrons. The van der Waals surface area contributed by atoms with Crippen LogP contribution in [-0.4, -0.2) is 43.3 Å². The van der Waals surface area contributed by atoms with Gasteiger partial charge < -0.3 is 16.2 Å². The number of nitrogens with two attached hydrogens (primary N) is 1. The highest BCUT2D eigenvalue weighted by molar-refractivity contribution is 5.76. The SMILES string of the molecule is Nc1nnc(CCC(=O)NC(Cc2ccncc2)C2CC(O)C2)c(=O)[nH]1. The molecule has 1 atom stereocenters. The second kappa shape index (κ2) is 8.05. The van der Waals surface area contributed by atoms with Gasteiger partial charge in [0.05, 0.1) is 6.10 Å². The van der Waals surface area contributed by atoms with Crippen LogP contribution in [0.2, 0.25) is 0 Å². The molecule has 2 aromatic heterocycles. The van der Waals surface area contributed by atoms with Crippen LogP contribution in [0.1, 0.15) is 30.5 Å². The highest BCUT2D eigenvalue weighted by Crippen LogP contribution is 2.31. The van der Waals surface area contributed by atoms with Gasteiger partial charge in [0.25, 0.3) is 5.56 Å². The van der Waals surface area contributed by atoms with Gasteiger partial charge in [-0.1, -0.05) is 0 Å². The van der Waals surface area contributed by atoms with E-state index in [9.17, 15) is 14.7 Å². The van der Waals surface area contributed by atoms with Crippen LogP contribution in [-0.2, 0) is 17.6 Å². The van der Waals surface area contributed by atoms with Gasteiger partial charge in [-0.05, 0) is 42.9 Å². The number of aromatic nitrogens is 4. The molecule has 0 aromatic carbocycles.